The minimum atomic E-state index is -0.217. The van der Waals surface area contributed by atoms with Crippen LogP contribution in [0.25, 0.3) is 6.08 Å². The van der Waals surface area contributed by atoms with E-state index in [2.05, 4.69) is 4.99 Å². The van der Waals surface area contributed by atoms with Crippen molar-refractivity contribution in [3.8, 4) is 11.5 Å². The molecule has 0 saturated carbocycles. The predicted octanol–water partition coefficient (Wildman–Crippen LogP) is 5.19. The van der Waals surface area contributed by atoms with E-state index in [0.717, 1.165) is 11.1 Å². The van der Waals surface area contributed by atoms with Crippen LogP contribution in [0.5, 0.6) is 11.5 Å². The van der Waals surface area contributed by atoms with Crippen molar-refractivity contribution in [2.45, 2.75) is 0 Å². The Labute approximate surface area is 179 Å². The zero-order valence-electron chi connectivity index (χ0n) is 16.5. The van der Waals surface area contributed by atoms with Gasteiger partial charge in [0.2, 0.25) is 0 Å². The summed E-state index contributed by atoms with van der Waals surface area (Å²) in [5.74, 6) is 1.55. The van der Waals surface area contributed by atoms with E-state index in [4.69, 9.17) is 21.1 Å². The summed E-state index contributed by atoms with van der Waals surface area (Å²) < 4.78 is 10.6. The highest BCUT2D eigenvalue weighted by Gasteiger charge is 2.32. The van der Waals surface area contributed by atoms with Gasteiger partial charge in [-0.1, -0.05) is 48.0 Å². The number of rotatable bonds is 5. The second kappa shape index (κ2) is 8.43. The van der Waals surface area contributed by atoms with Crippen LogP contribution in [0.3, 0.4) is 0 Å². The maximum atomic E-state index is 13.3. The minimum absolute atomic E-state index is 0.217. The lowest BCUT2D eigenvalue weighted by atomic mass is 10.1. The predicted molar refractivity (Wildman–Crippen MR) is 119 cm³/mol. The van der Waals surface area contributed by atoms with Gasteiger partial charge in [0.1, 0.15) is 11.5 Å². The molecule has 0 aliphatic carbocycles. The van der Waals surface area contributed by atoms with E-state index in [0.29, 0.717) is 33.7 Å². The third-order valence-corrected chi connectivity index (χ3v) is 4.94. The zero-order chi connectivity index (χ0) is 21.1. The van der Waals surface area contributed by atoms with E-state index in [1.807, 2.05) is 42.5 Å². The van der Waals surface area contributed by atoms with Gasteiger partial charge >= 0.3 is 0 Å². The summed E-state index contributed by atoms with van der Waals surface area (Å²) in [4.78, 5) is 19.6. The van der Waals surface area contributed by atoms with Crippen molar-refractivity contribution in [2.24, 2.45) is 4.99 Å². The summed E-state index contributed by atoms with van der Waals surface area (Å²) in [6.07, 6.45) is 1.74. The van der Waals surface area contributed by atoms with Crippen molar-refractivity contribution in [2.75, 3.05) is 19.1 Å². The summed E-state index contributed by atoms with van der Waals surface area (Å²) in [5, 5.41) is 0.602. The lowest BCUT2D eigenvalue weighted by Crippen LogP contribution is -2.32. The average molecular weight is 419 g/mol. The Morgan fingerprint density at radius 2 is 1.60 bits per heavy atom. The second-order valence-electron chi connectivity index (χ2n) is 6.56. The zero-order valence-corrected chi connectivity index (χ0v) is 17.3. The van der Waals surface area contributed by atoms with Gasteiger partial charge in [0.25, 0.3) is 5.91 Å². The van der Waals surface area contributed by atoms with E-state index >= 15 is 0 Å². The SMILES string of the molecule is COc1ccc(/C=C2/N=C(c3ccccc3)N(c3ccc(Cl)cc3)C2=O)cc1OC. The van der Waals surface area contributed by atoms with Gasteiger partial charge in [-0.05, 0) is 48.0 Å². The Morgan fingerprint density at radius 3 is 2.27 bits per heavy atom. The van der Waals surface area contributed by atoms with Gasteiger partial charge in [0.15, 0.2) is 11.5 Å². The quantitative estimate of drug-likeness (QED) is 0.535. The molecule has 1 heterocycles. The molecule has 4 rings (SSSR count). The Kier molecular flexibility index (Phi) is 5.55. The normalized spacial score (nSPS) is 14.8. The lowest BCUT2D eigenvalue weighted by molar-refractivity contribution is -0.113. The van der Waals surface area contributed by atoms with E-state index in [-0.39, 0.29) is 5.91 Å². The molecule has 30 heavy (non-hydrogen) atoms. The van der Waals surface area contributed by atoms with Gasteiger partial charge in [-0.2, -0.15) is 0 Å². The van der Waals surface area contributed by atoms with Crippen LogP contribution in [0.15, 0.2) is 83.5 Å². The fourth-order valence-electron chi connectivity index (χ4n) is 3.23. The summed E-state index contributed by atoms with van der Waals surface area (Å²) in [6, 6.07) is 22.2. The van der Waals surface area contributed by atoms with Crippen molar-refractivity contribution >= 4 is 35.1 Å². The van der Waals surface area contributed by atoms with Crippen molar-refractivity contribution in [1.29, 1.82) is 0 Å². The van der Waals surface area contributed by atoms with Crippen molar-refractivity contribution in [3.63, 3.8) is 0 Å². The monoisotopic (exact) mass is 418 g/mol. The number of hydrogen-bond acceptors (Lipinski definition) is 4. The number of carbonyl (C=O) groups excluding carboxylic acids is 1. The number of benzene rings is 3. The van der Waals surface area contributed by atoms with Crippen molar-refractivity contribution < 1.29 is 14.3 Å². The summed E-state index contributed by atoms with van der Waals surface area (Å²) >= 11 is 6.03. The molecule has 150 valence electrons. The molecule has 0 aromatic heterocycles. The average Bonchev–Trinajstić information content (AvgIpc) is 3.10. The number of nitrogens with zero attached hydrogens (tertiary/aromatic N) is 2. The molecule has 6 heteroatoms. The smallest absolute Gasteiger partial charge is 0.282 e. The highest BCUT2D eigenvalue weighted by atomic mass is 35.5. The van der Waals surface area contributed by atoms with Crippen LogP contribution in [-0.4, -0.2) is 26.0 Å². The molecule has 0 unspecified atom stereocenters. The molecule has 0 radical (unpaired) electrons. The van der Waals surface area contributed by atoms with Gasteiger partial charge in [-0.25, -0.2) is 4.99 Å². The third kappa shape index (κ3) is 3.80. The Morgan fingerprint density at radius 1 is 0.900 bits per heavy atom. The van der Waals surface area contributed by atoms with E-state index in [1.54, 1.807) is 55.5 Å². The minimum Gasteiger partial charge on any atom is -0.493 e. The van der Waals surface area contributed by atoms with Gasteiger partial charge in [-0.15, -0.1) is 0 Å². The lowest BCUT2D eigenvalue weighted by Gasteiger charge is -2.18. The molecular weight excluding hydrogens is 400 g/mol. The highest BCUT2D eigenvalue weighted by molar-refractivity contribution is 6.33. The molecule has 1 aliphatic rings. The summed E-state index contributed by atoms with van der Waals surface area (Å²) in [6.45, 7) is 0. The van der Waals surface area contributed by atoms with Crippen LogP contribution in [0.4, 0.5) is 5.69 Å². The van der Waals surface area contributed by atoms with E-state index < -0.39 is 0 Å². The van der Waals surface area contributed by atoms with Gasteiger partial charge in [0.05, 0.1) is 19.9 Å². The van der Waals surface area contributed by atoms with Gasteiger partial charge in [-0.3, -0.25) is 9.69 Å². The molecule has 3 aromatic carbocycles. The highest BCUT2D eigenvalue weighted by Crippen LogP contribution is 2.31. The molecule has 0 spiro atoms. The van der Waals surface area contributed by atoms with Crippen LogP contribution in [0.1, 0.15) is 11.1 Å². The molecule has 3 aromatic rings. The molecule has 0 fully saturated rings. The first-order valence-electron chi connectivity index (χ1n) is 9.28. The molecule has 0 N–H and O–H groups in total. The molecule has 1 aliphatic heterocycles. The number of halogens is 1. The van der Waals surface area contributed by atoms with Crippen LogP contribution in [0.2, 0.25) is 5.02 Å². The van der Waals surface area contributed by atoms with Crippen LogP contribution in [0, 0.1) is 0 Å². The van der Waals surface area contributed by atoms with Crippen LogP contribution < -0.4 is 14.4 Å². The Balaban J connectivity index is 1.79. The number of methoxy groups -OCH3 is 2. The largest absolute Gasteiger partial charge is 0.493 e. The van der Waals surface area contributed by atoms with E-state index in [1.165, 1.54) is 0 Å². The molecule has 5 nitrogen and oxygen atoms in total. The molecule has 0 bridgehead atoms. The standard InChI is InChI=1S/C24H19ClN2O3/c1-29-21-13-8-16(15-22(21)30-2)14-20-24(28)27(19-11-9-18(25)10-12-19)23(26-20)17-6-4-3-5-7-17/h3-15H,1-2H3/b20-14+. The number of amidine groups is 1. The number of ether oxygens (including phenoxy) is 2. The molecule has 0 saturated heterocycles. The Hall–Kier alpha value is -3.57. The van der Waals surface area contributed by atoms with Crippen molar-refractivity contribution in [3.05, 3.63) is 94.6 Å². The maximum Gasteiger partial charge on any atom is 0.282 e. The molecular formula is C24H19ClN2O3. The Bertz CT molecular complexity index is 1140. The van der Waals surface area contributed by atoms with Crippen LogP contribution >= 0.6 is 11.6 Å². The summed E-state index contributed by atoms with van der Waals surface area (Å²) in [5.41, 5.74) is 2.65. The third-order valence-electron chi connectivity index (χ3n) is 4.69. The summed E-state index contributed by atoms with van der Waals surface area (Å²) in [7, 11) is 3.15. The fourth-order valence-corrected chi connectivity index (χ4v) is 3.35. The number of aliphatic imine (C=N–C) groups is 1. The number of carbonyl (C=O) groups is 1. The molecule has 0 atom stereocenters. The second-order valence-corrected chi connectivity index (χ2v) is 7.00. The van der Waals surface area contributed by atoms with Crippen molar-refractivity contribution in [1.82, 2.24) is 0 Å². The first-order valence-corrected chi connectivity index (χ1v) is 9.66. The maximum absolute atomic E-state index is 13.3. The number of anilines is 1. The number of hydrogen-bond donors (Lipinski definition) is 0. The fraction of sp³-hybridized carbons (Fsp3) is 0.0833. The van der Waals surface area contributed by atoms with Gasteiger partial charge < -0.3 is 9.47 Å². The first kappa shape index (κ1) is 19.7. The topological polar surface area (TPSA) is 51.1 Å². The van der Waals surface area contributed by atoms with Gasteiger partial charge in [0, 0.05) is 10.6 Å². The number of amides is 1. The molecule has 1 amide bonds. The first-order chi connectivity index (χ1) is 14.6. The van der Waals surface area contributed by atoms with Crippen LogP contribution in [-0.2, 0) is 4.79 Å². The van der Waals surface area contributed by atoms with E-state index in [9.17, 15) is 4.79 Å².